The van der Waals surface area contributed by atoms with E-state index in [9.17, 15) is 9.59 Å². The van der Waals surface area contributed by atoms with Crippen molar-refractivity contribution in [3.63, 3.8) is 0 Å². The van der Waals surface area contributed by atoms with E-state index in [1.807, 2.05) is 13.8 Å². The van der Waals surface area contributed by atoms with Crippen molar-refractivity contribution in [1.82, 2.24) is 5.32 Å². The van der Waals surface area contributed by atoms with Gasteiger partial charge in [-0.3, -0.25) is 4.79 Å². The summed E-state index contributed by atoms with van der Waals surface area (Å²) >= 11 is 0. The van der Waals surface area contributed by atoms with E-state index in [-0.39, 0.29) is 12.4 Å². The number of likely N-dealkylation sites (N-methyl/N-ethyl adjacent to an activating group) is 1. The zero-order chi connectivity index (χ0) is 8.85. The molecular weight excluding hydrogens is 146 g/mol. The molecule has 0 spiro atoms. The van der Waals surface area contributed by atoms with E-state index in [4.69, 9.17) is 0 Å². The molecule has 0 aliphatic rings. The summed E-state index contributed by atoms with van der Waals surface area (Å²) in [6.07, 6.45) is 0. The summed E-state index contributed by atoms with van der Waals surface area (Å²) in [7, 11) is 1.65. The number of ether oxygens (including phenoxy) is 1. The Bertz CT molecular complexity index is 145. The minimum Gasteiger partial charge on any atom is -0.394 e. The van der Waals surface area contributed by atoms with Gasteiger partial charge in [-0.05, 0) is 13.0 Å². The fourth-order valence-electron chi connectivity index (χ4n) is 0.844. The fraction of sp³-hybridized carbons (Fsp3) is 0.714. The molecule has 1 unspecified atom stereocenters. The third-order valence-electron chi connectivity index (χ3n) is 1.40. The molecule has 11 heavy (non-hydrogen) atoms. The van der Waals surface area contributed by atoms with Crippen LogP contribution in [0.4, 0.5) is 0 Å². The molecule has 0 amide bonds. The smallest absolute Gasteiger partial charge is 0.330 e. The third kappa shape index (κ3) is 3.13. The summed E-state index contributed by atoms with van der Waals surface area (Å²) in [6.45, 7) is 3.88. The zero-order valence-corrected chi connectivity index (χ0v) is 6.96. The minimum absolute atomic E-state index is 0.118. The fourth-order valence-corrected chi connectivity index (χ4v) is 0.844. The monoisotopic (exact) mass is 159 g/mol. The van der Waals surface area contributed by atoms with Crippen LogP contribution in [0.5, 0.6) is 0 Å². The molecule has 0 radical (unpaired) electrons. The second kappa shape index (κ2) is 4.85. The van der Waals surface area contributed by atoms with E-state index < -0.39 is 12.0 Å². The predicted octanol–water partition coefficient (Wildman–Crippen LogP) is -0.0700. The van der Waals surface area contributed by atoms with Gasteiger partial charge in [0.2, 0.25) is 0 Å². The van der Waals surface area contributed by atoms with Gasteiger partial charge in [0.15, 0.2) is 0 Å². The van der Waals surface area contributed by atoms with Crippen molar-refractivity contribution in [2.45, 2.75) is 19.9 Å². The first-order chi connectivity index (χ1) is 5.13. The lowest BCUT2D eigenvalue weighted by Gasteiger charge is -2.15. The van der Waals surface area contributed by atoms with Gasteiger partial charge in [0, 0.05) is 0 Å². The molecule has 4 heteroatoms. The van der Waals surface area contributed by atoms with Crippen LogP contribution in [0.25, 0.3) is 0 Å². The molecule has 0 saturated carbocycles. The van der Waals surface area contributed by atoms with Crippen LogP contribution in [0.1, 0.15) is 13.8 Å². The Morgan fingerprint density at radius 2 is 2.09 bits per heavy atom. The summed E-state index contributed by atoms with van der Waals surface area (Å²) in [5, 5.41) is 2.75. The molecule has 0 aromatic heterocycles. The van der Waals surface area contributed by atoms with Crippen LogP contribution in [-0.2, 0) is 14.3 Å². The standard InChI is InChI=1S/C7H13NO3/c1-5(2)6(8-3)7(10)11-4-9/h4-6,8H,1-3H3. The SMILES string of the molecule is CNC(C(=O)OC=O)C(C)C. The summed E-state index contributed by atoms with van der Waals surface area (Å²) in [4.78, 5) is 20.7. The van der Waals surface area contributed by atoms with Crippen molar-refractivity contribution in [3.8, 4) is 0 Å². The van der Waals surface area contributed by atoms with E-state index in [2.05, 4.69) is 10.1 Å². The molecular formula is C7H13NO3. The number of rotatable bonds is 4. The molecule has 0 aliphatic heterocycles. The molecule has 0 heterocycles. The van der Waals surface area contributed by atoms with Gasteiger partial charge in [0.1, 0.15) is 6.04 Å². The zero-order valence-electron chi connectivity index (χ0n) is 6.96. The van der Waals surface area contributed by atoms with E-state index in [0.717, 1.165) is 0 Å². The quantitative estimate of drug-likeness (QED) is 0.354. The van der Waals surface area contributed by atoms with Crippen molar-refractivity contribution >= 4 is 12.4 Å². The first-order valence-corrected chi connectivity index (χ1v) is 3.45. The Morgan fingerprint density at radius 3 is 2.36 bits per heavy atom. The summed E-state index contributed by atoms with van der Waals surface area (Å²) in [5.74, 6) is -0.412. The molecule has 0 aliphatic carbocycles. The highest BCUT2D eigenvalue weighted by Crippen LogP contribution is 2.01. The van der Waals surface area contributed by atoms with Crippen molar-refractivity contribution < 1.29 is 14.3 Å². The van der Waals surface area contributed by atoms with E-state index in [0.29, 0.717) is 0 Å². The average Bonchev–Trinajstić information content (AvgIpc) is 1.88. The number of nitrogens with one attached hydrogen (secondary N) is 1. The van der Waals surface area contributed by atoms with Crippen molar-refractivity contribution in [2.75, 3.05) is 7.05 Å². The normalized spacial score (nSPS) is 12.7. The van der Waals surface area contributed by atoms with E-state index >= 15 is 0 Å². The van der Waals surface area contributed by atoms with Gasteiger partial charge in [-0.1, -0.05) is 13.8 Å². The molecule has 64 valence electrons. The van der Waals surface area contributed by atoms with E-state index in [1.165, 1.54) is 0 Å². The minimum atomic E-state index is -0.530. The number of hydrogen-bond donors (Lipinski definition) is 1. The first kappa shape index (κ1) is 10.1. The maximum Gasteiger partial charge on any atom is 0.330 e. The molecule has 0 bridgehead atoms. The molecule has 0 rings (SSSR count). The number of esters is 1. The highest BCUT2D eigenvalue weighted by Gasteiger charge is 2.20. The second-order valence-electron chi connectivity index (χ2n) is 2.54. The molecule has 0 saturated heterocycles. The maximum atomic E-state index is 10.9. The Labute approximate surface area is 65.9 Å². The van der Waals surface area contributed by atoms with Gasteiger partial charge < -0.3 is 10.1 Å². The highest BCUT2D eigenvalue weighted by molar-refractivity contribution is 5.81. The summed E-state index contributed by atoms with van der Waals surface area (Å²) in [5.41, 5.74) is 0. The number of hydrogen-bond acceptors (Lipinski definition) is 4. The third-order valence-corrected chi connectivity index (χ3v) is 1.40. The highest BCUT2D eigenvalue weighted by atomic mass is 16.6. The van der Waals surface area contributed by atoms with Crippen LogP contribution in [-0.4, -0.2) is 25.5 Å². The molecule has 1 N–H and O–H groups in total. The maximum absolute atomic E-state index is 10.9. The van der Waals surface area contributed by atoms with Crippen LogP contribution >= 0.6 is 0 Å². The van der Waals surface area contributed by atoms with Crippen LogP contribution in [0.3, 0.4) is 0 Å². The number of carbonyl (C=O) groups excluding carboxylic acids is 2. The lowest BCUT2D eigenvalue weighted by atomic mass is 10.1. The van der Waals surface area contributed by atoms with Crippen LogP contribution in [0, 0.1) is 5.92 Å². The van der Waals surface area contributed by atoms with Crippen LogP contribution in [0.2, 0.25) is 0 Å². The van der Waals surface area contributed by atoms with E-state index in [1.54, 1.807) is 7.05 Å². The Balaban J connectivity index is 4.02. The van der Waals surface area contributed by atoms with Crippen LogP contribution < -0.4 is 5.32 Å². The summed E-state index contributed by atoms with van der Waals surface area (Å²) < 4.78 is 4.17. The topological polar surface area (TPSA) is 55.4 Å². The lowest BCUT2D eigenvalue weighted by molar-refractivity contribution is -0.153. The van der Waals surface area contributed by atoms with Gasteiger partial charge >= 0.3 is 12.4 Å². The van der Waals surface area contributed by atoms with Gasteiger partial charge in [-0.25, -0.2) is 4.79 Å². The van der Waals surface area contributed by atoms with Crippen molar-refractivity contribution in [1.29, 1.82) is 0 Å². The molecule has 0 fully saturated rings. The molecule has 0 aromatic rings. The van der Waals surface area contributed by atoms with Gasteiger partial charge in [-0.15, -0.1) is 0 Å². The molecule has 1 atom stereocenters. The number of carbonyl (C=O) groups is 2. The Hall–Kier alpha value is -0.900. The van der Waals surface area contributed by atoms with Gasteiger partial charge in [0.05, 0.1) is 0 Å². The first-order valence-electron chi connectivity index (χ1n) is 3.45. The van der Waals surface area contributed by atoms with Crippen molar-refractivity contribution in [3.05, 3.63) is 0 Å². The lowest BCUT2D eigenvalue weighted by Crippen LogP contribution is -2.39. The molecule has 4 nitrogen and oxygen atoms in total. The second-order valence-corrected chi connectivity index (χ2v) is 2.54. The van der Waals surface area contributed by atoms with Gasteiger partial charge in [-0.2, -0.15) is 0 Å². The van der Waals surface area contributed by atoms with Crippen LogP contribution in [0.15, 0.2) is 0 Å². The Kier molecular flexibility index (Phi) is 4.45. The molecule has 0 aromatic carbocycles. The summed E-state index contributed by atoms with van der Waals surface area (Å²) in [6, 6.07) is -0.403. The predicted molar refractivity (Wildman–Crippen MR) is 39.8 cm³/mol. The Morgan fingerprint density at radius 1 is 1.55 bits per heavy atom. The van der Waals surface area contributed by atoms with Gasteiger partial charge in [0.25, 0.3) is 0 Å². The largest absolute Gasteiger partial charge is 0.394 e. The average molecular weight is 159 g/mol. The van der Waals surface area contributed by atoms with Crippen molar-refractivity contribution in [2.24, 2.45) is 5.92 Å².